The van der Waals surface area contributed by atoms with Gasteiger partial charge in [-0.15, -0.1) is 22.0 Å². The molecule has 0 fully saturated rings. The van der Waals surface area contributed by atoms with Crippen molar-refractivity contribution in [3.8, 4) is 0 Å². The summed E-state index contributed by atoms with van der Waals surface area (Å²) in [7, 11) is 1.89. The van der Waals surface area contributed by atoms with Crippen molar-refractivity contribution in [1.29, 1.82) is 0 Å². The van der Waals surface area contributed by atoms with E-state index < -0.39 is 5.97 Å². The van der Waals surface area contributed by atoms with Crippen LogP contribution in [0.15, 0.2) is 53.7 Å². The van der Waals surface area contributed by atoms with Gasteiger partial charge in [-0.05, 0) is 30.7 Å². The second-order valence-corrected chi connectivity index (χ2v) is 9.02. The third-order valence-corrected chi connectivity index (χ3v) is 6.70. The minimum Gasteiger partial charge on any atom is -0.462 e. The molecule has 10 heteroatoms. The van der Waals surface area contributed by atoms with Crippen LogP contribution >= 0.6 is 35.1 Å². The zero-order valence-corrected chi connectivity index (χ0v) is 20.1. The van der Waals surface area contributed by atoms with Gasteiger partial charge in [-0.2, -0.15) is 0 Å². The maximum Gasteiger partial charge on any atom is 0.339 e. The van der Waals surface area contributed by atoms with Gasteiger partial charge >= 0.3 is 5.97 Å². The predicted octanol–water partition coefficient (Wildman–Crippen LogP) is 4.81. The van der Waals surface area contributed by atoms with Gasteiger partial charge in [0.25, 0.3) is 0 Å². The quantitative estimate of drug-likeness (QED) is 0.322. The average molecular weight is 491 g/mol. The second kappa shape index (κ2) is 11.9. The first-order chi connectivity index (χ1) is 15.5. The minimum atomic E-state index is -0.528. The summed E-state index contributed by atoms with van der Waals surface area (Å²) in [6.45, 7) is 1.96. The number of nitrogens with zero attached hydrogens (tertiary/aromatic N) is 3. The largest absolute Gasteiger partial charge is 0.462 e. The minimum absolute atomic E-state index is 0.153. The summed E-state index contributed by atoms with van der Waals surface area (Å²) in [6, 6.07) is 15.0. The predicted molar refractivity (Wildman–Crippen MR) is 129 cm³/mol. The average Bonchev–Trinajstić information content (AvgIpc) is 3.14. The molecule has 168 valence electrons. The van der Waals surface area contributed by atoms with Crippen LogP contribution in [0.4, 0.5) is 5.69 Å². The van der Waals surface area contributed by atoms with E-state index in [9.17, 15) is 9.59 Å². The van der Waals surface area contributed by atoms with Crippen molar-refractivity contribution in [3.05, 3.63) is 70.5 Å². The lowest BCUT2D eigenvalue weighted by molar-refractivity contribution is -0.113. The number of anilines is 1. The van der Waals surface area contributed by atoms with E-state index in [1.165, 1.54) is 23.4 Å². The highest BCUT2D eigenvalue weighted by molar-refractivity contribution is 7.99. The normalized spacial score (nSPS) is 10.7. The Hall–Kier alpha value is -2.49. The van der Waals surface area contributed by atoms with Gasteiger partial charge in [0, 0.05) is 18.5 Å². The Morgan fingerprint density at radius 2 is 1.91 bits per heavy atom. The summed E-state index contributed by atoms with van der Waals surface area (Å²) in [5, 5.41) is 12.1. The Morgan fingerprint density at radius 1 is 1.12 bits per heavy atom. The number of halogens is 1. The number of esters is 1. The van der Waals surface area contributed by atoms with Crippen LogP contribution in [-0.2, 0) is 28.1 Å². The smallest absolute Gasteiger partial charge is 0.339 e. The van der Waals surface area contributed by atoms with Gasteiger partial charge in [-0.1, -0.05) is 53.7 Å². The van der Waals surface area contributed by atoms with Crippen molar-refractivity contribution in [3.63, 3.8) is 0 Å². The SMILES string of the molecule is CCOC(=O)c1cc(NC(=O)CSc2nnc(CSCc3ccccc3)n2C)ccc1Cl. The summed E-state index contributed by atoms with van der Waals surface area (Å²) in [4.78, 5) is 24.3. The number of hydrogen-bond acceptors (Lipinski definition) is 7. The summed E-state index contributed by atoms with van der Waals surface area (Å²) >= 11 is 9.12. The third-order valence-electron chi connectivity index (χ3n) is 4.35. The first-order valence-corrected chi connectivity index (χ1v) is 12.4. The molecule has 0 aliphatic carbocycles. The molecule has 3 rings (SSSR count). The number of nitrogens with one attached hydrogen (secondary N) is 1. The summed E-state index contributed by atoms with van der Waals surface area (Å²) in [5.41, 5.74) is 1.95. The first kappa shape index (κ1) is 24.2. The maximum absolute atomic E-state index is 12.4. The lowest BCUT2D eigenvalue weighted by Crippen LogP contribution is -2.15. The highest BCUT2D eigenvalue weighted by Gasteiger charge is 2.15. The number of thioether (sulfide) groups is 2. The molecular formula is C22H23ClN4O3S2. The van der Waals surface area contributed by atoms with Crippen LogP contribution < -0.4 is 5.32 Å². The van der Waals surface area contributed by atoms with E-state index in [1.54, 1.807) is 30.8 Å². The van der Waals surface area contributed by atoms with Crippen molar-refractivity contribution in [2.24, 2.45) is 7.05 Å². The van der Waals surface area contributed by atoms with Gasteiger partial charge < -0.3 is 14.6 Å². The van der Waals surface area contributed by atoms with E-state index in [1.807, 2.05) is 29.8 Å². The number of benzene rings is 2. The monoisotopic (exact) mass is 490 g/mol. The summed E-state index contributed by atoms with van der Waals surface area (Å²) < 4.78 is 6.88. The van der Waals surface area contributed by atoms with E-state index in [4.69, 9.17) is 16.3 Å². The molecule has 0 aliphatic heterocycles. The molecule has 7 nitrogen and oxygen atoms in total. The molecule has 0 atom stereocenters. The molecule has 1 amide bonds. The van der Waals surface area contributed by atoms with Crippen LogP contribution in [0.2, 0.25) is 5.02 Å². The first-order valence-electron chi connectivity index (χ1n) is 9.87. The van der Waals surface area contributed by atoms with Crippen LogP contribution in [0.1, 0.15) is 28.7 Å². The lowest BCUT2D eigenvalue weighted by atomic mass is 10.2. The number of aromatic nitrogens is 3. The van der Waals surface area contributed by atoms with Crippen molar-refractivity contribution < 1.29 is 14.3 Å². The Balaban J connectivity index is 1.51. The number of amides is 1. The Morgan fingerprint density at radius 3 is 2.66 bits per heavy atom. The van der Waals surface area contributed by atoms with E-state index in [0.29, 0.717) is 10.8 Å². The third kappa shape index (κ3) is 6.75. The van der Waals surface area contributed by atoms with E-state index >= 15 is 0 Å². The zero-order valence-electron chi connectivity index (χ0n) is 17.7. The van der Waals surface area contributed by atoms with Gasteiger partial charge in [0.2, 0.25) is 5.91 Å². The molecule has 1 heterocycles. The molecule has 0 aliphatic rings. The molecule has 0 saturated heterocycles. The van der Waals surface area contributed by atoms with Gasteiger partial charge in [-0.25, -0.2) is 4.79 Å². The fourth-order valence-electron chi connectivity index (χ4n) is 2.73. The molecule has 1 aromatic heterocycles. The summed E-state index contributed by atoms with van der Waals surface area (Å²) in [6.07, 6.45) is 0. The number of hydrogen-bond donors (Lipinski definition) is 1. The highest BCUT2D eigenvalue weighted by atomic mass is 35.5. The fraction of sp³-hybridized carbons (Fsp3) is 0.273. The van der Waals surface area contributed by atoms with Crippen molar-refractivity contribution in [1.82, 2.24) is 14.8 Å². The van der Waals surface area contributed by atoms with Crippen LogP contribution in [-0.4, -0.2) is 39.0 Å². The molecule has 32 heavy (non-hydrogen) atoms. The number of carbonyl (C=O) groups excluding carboxylic acids is 2. The topological polar surface area (TPSA) is 86.1 Å². The maximum atomic E-state index is 12.4. The Bertz CT molecular complexity index is 1080. The van der Waals surface area contributed by atoms with Crippen molar-refractivity contribution >= 4 is 52.7 Å². The molecular weight excluding hydrogens is 468 g/mol. The number of carbonyl (C=O) groups is 2. The van der Waals surface area contributed by atoms with Gasteiger partial charge in [0.15, 0.2) is 5.16 Å². The molecule has 0 radical (unpaired) electrons. The van der Waals surface area contributed by atoms with Gasteiger partial charge in [0.1, 0.15) is 5.82 Å². The van der Waals surface area contributed by atoms with Crippen molar-refractivity contribution in [2.75, 3.05) is 17.7 Å². The molecule has 3 aromatic rings. The van der Waals surface area contributed by atoms with Crippen LogP contribution in [0.5, 0.6) is 0 Å². The number of rotatable bonds is 10. The molecule has 0 spiro atoms. The van der Waals surface area contributed by atoms with E-state index in [0.717, 1.165) is 17.3 Å². The fourth-order valence-corrected chi connectivity index (χ4v) is 4.62. The molecule has 1 N–H and O–H groups in total. The number of ether oxygens (including phenoxy) is 1. The van der Waals surface area contributed by atoms with Crippen LogP contribution in [0.3, 0.4) is 0 Å². The Labute approximate surface area is 200 Å². The second-order valence-electron chi connectivity index (χ2n) is 6.69. The van der Waals surface area contributed by atoms with Crippen LogP contribution in [0, 0.1) is 0 Å². The molecule has 0 unspecified atom stereocenters. The highest BCUT2D eigenvalue weighted by Crippen LogP contribution is 2.23. The van der Waals surface area contributed by atoms with Crippen molar-refractivity contribution in [2.45, 2.75) is 23.6 Å². The Kier molecular flexibility index (Phi) is 9.01. The lowest BCUT2D eigenvalue weighted by Gasteiger charge is -2.09. The zero-order chi connectivity index (χ0) is 22.9. The standard InChI is InChI=1S/C22H23ClN4O3S2/c1-3-30-21(29)17-11-16(9-10-18(17)23)24-20(28)14-32-22-26-25-19(27(22)2)13-31-12-15-7-5-4-6-8-15/h4-11H,3,12-14H2,1-2H3,(H,24,28). The molecule has 0 saturated carbocycles. The molecule has 0 bridgehead atoms. The van der Waals surface area contributed by atoms with Gasteiger partial charge in [0.05, 0.1) is 28.7 Å². The van der Waals surface area contributed by atoms with Gasteiger partial charge in [-0.3, -0.25) is 4.79 Å². The molecule has 2 aromatic carbocycles. The van der Waals surface area contributed by atoms with E-state index in [-0.39, 0.29) is 28.9 Å². The van der Waals surface area contributed by atoms with Crippen LogP contribution in [0.25, 0.3) is 0 Å². The van der Waals surface area contributed by atoms with E-state index in [2.05, 4.69) is 27.6 Å². The summed E-state index contributed by atoms with van der Waals surface area (Å²) in [5.74, 6) is 1.88.